The fraction of sp³-hybridized carbons (Fsp3) is 0.0769. The number of aryl methyl sites for hydroxylation is 1. The fourth-order valence-corrected chi connectivity index (χ4v) is 2.45. The van der Waals surface area contributed by atoms with E-state index in [0.717, 1.165) is 9.26 Å². The standard InChI is InChI=1S/C13H11ClIN3O/c1-7-4-11(16)9(6-17-7)13(19)18-12-3-2-8(15)5-10(12)14/h2-6H,1H3,(H2,16,17)(H,18,19). The highest BCUT2D eigenvalue weighted by atomic mass is 127. The highest BCUT2D eigenvalue weighted by molar-refractivity contribution is 14.1. The van der Waals surface area contributed by atoms with Crippen molar-refractivity contribution in [2.45, 2.75) is 6.92 Å². The van der Waals surface area contributed by atoms with Crippen LogP contribution in [0.2, 0.25) is 5.02 Å². The van der Waals surface area contributed by atoms with Crippen molar-refractivity contribution in [3.05, 3.63) is 50.3 Å². The van der Waals surface area contributed by atoms with Crippen molar-refractivity contribution in [3.8, 4) is 0 Å². The maximum Gasteiger partial charge on any atom is 0.259 e. The number of nitrogens with two attached hydrogens (primary N) is 1. The first-order valence-electron chi connectivity index (χ1n) is 5.46. The van der Waals surface area contributed by atoms with Gasteiger partial charge in [-0.1, -0.05) is 11.6 Å². The number of benzene rings is 1. The van der Waals surface area contributed by atoms with Crippen LogP contribution in [0, 0.1) is 10.5 Å². The Labute approximate surface area is 129 Å². The van der Waals surface area contributed by atoms with Crippen LogP contribution in [0.1, 0.15) is 16.1 Å². The van der Waals surface area contributed by atoms with E-state index < -0.39 is 0 Å². The number of hydrogen-bond acceptors (Lipinski definition) is 3. The van der Waals surface area contributed by atoms with Crippen LogP contribution in [0.25, 0.3) is 0 Å². The predicted octanol–water partition coefficient (Wildman–Crippen LogP) is 3.48. The summed E-state index contributed by atoms with van der Waals surface area (Å²) in [6, 6.07) is 7.04. The molecule has 0 aliphatic heterocycles. The lowest BCUT2D eigenvalue weighted by Gasteiger charge is -2.09. The number of aromatic nitrogens is 1. The first-order chi connectivity index (χ1) is 8.97. The van der Waals surface area contributed by atoms with Gasteiger partial charge >= 0.3 is 0 Å². The van der Waals surface area contributed by atoms with Crippen LogP contribution in [0.5, 0.6) is 0 Å². The third kappa shape index (κ3) is 3.36. The van der Waals surface area contributed by atoms with Gasteiger partial charge in [0.05, 0.1) is 16.3 Å². The van der Waals surface area contributed by atoms with Crippen molar-refractivity contribution in [2.24, 2.45) is 0 Å². The van der Waals surface area contributed by atoms with Crippen molar-refractivity contribution < 1.29 is 4.79 Å². The topological polar surface area (TPSA) is 68.0 Å². The van der Waals surface area contributed by atoms with Gasteiger partial charge in [-0.2, -0.15) is 0 Å². The van der Waals surface area contributed by atoms with Gasteiger partial charge < -0.3 is 11.1 Å². The lowest BCUT2D eigenvalue weighted by Crippen LogP contribution is -2.15. The van der Waals surface area contributed by atoms with Crippen LogP contribution in [0.3, 0.4) is 0 Å². The number of nitrogens with zero attached hydrogens (tertiary/aromatic N) is 1. The Morgan fingerprint density at radius 2 is 2.16 bits per heavy atom. The molecular formula is C13H11ClIN3O. The second-order valence-corrected chi connectivity index (χ2v) is 5.64. The average molecular weight is 388 g/mol. The fourth-order valence-electron chi connectivity index (χ4n) is 1.55. The Morgan fingerprint density at radius 3 is 2.79 bits per heavy atom. The zero-order valence-electron chi connectivity index (χ0n) is 10.1. The molecule has 0 spiro atoms. The molecule has 1 heterocycles. The zero-order chi connectivity index (χ0) is 14.0. The first-order valence-corrected chi connectivity index (χ1v) is 6.91. The van der Waals surface area contributed by atoms with Crippen LogP contribution >= 0.6 is 34.2 Å². The molecule has 0 saturated carbocycles. The van der Waals surface area contributed by atoms with Crippen LogP contribution in [-0.4, -0.2) is 10.9 Å². The molecule has 0 radical (unpaired) electrons. The summed E-state index contributed by atoms with van der Waals surface area (Å²) in [7, 11) is 0. The summed E-state index contributed by atoms with van der Waals surface area (Å²) in [4.78, 5) is 16.2. The highest BCUT2D eigenvalue weighted by Gasteiger charge is 2.12. The molecule has 2 rings (SSSR count). The third-order valence-corrected chi connectivity index (χ3v) is 3.48. The van der Waals surface area contributed by atoms with E-state index in [1.54, 1.807) is 18.2 Å². The maximum absolute atomic E-state index is 12.1. The van der Waals surface area contributed by atoms with E-state index in [-0.39, 0.29) is 5.91 Å². The number of amides is 1. The van der Waals surface area contributed by atoms with Gasteiger partial charge in [-0.15, -0.1) is 0 Å². The van der Waals surface area contributed by atoms with Gasteiger partial charge in [0.2, 0.25) is 0 Å². The molecule has 1 aromatic carbocycles. The number of anilines is 2. The number of nitrogens with one attached hydrogen (secondary N) is 1. The number of hydrogen-bond donors (Lipinski definition) is 2. The van der Waals surface area contributed by atoms with Gasteiger partial charge in [0.15, 0.2) is 0 Å². The Bertz CT molecular complexity index is 646. The molecular weight excluding hydrogens is 377 g/mol. The second-order valence-electron chi connectivity index (χ2n) is 3.99. The second kappa shape index (κ2) is 5.75. The van der Waals surface area contributed by atoms with E-state index in [4.69, 9.17) is 17.3 Å². The number of carbonyl (C=O) groups is 1. The largest absolute Gasteiger partial charge is 0.398 e. The molecule has 0 aliphatic rings. The summed E-state index contributed by atoms with van der Waals surface area (Å²) in [5.74, 6) is -0.326. The average Bonchev–Trinajstić information content (AvgIpc) is 2.32. The summed E-state index contributed by atoms with van der Waals surface area (Å²) in [6.07, 6.45) is 1.46. The zero-order valence-corrected chi connectivity index (χ0v) is 13.0. The molecule has 0 bridgehead atoms. The summed E-state index contributed by atoms with van der Waals surface area (Å²) in [5.41, 5.74) is 7.85. The molecule has 1 amide bonds. The number of nitrogen functional groups attached to an aromatic ring is 1. The number of halogens is 2. The number of rotatable bonds is 2. The minimum Gasteiger partial charge on any atom is -0.398 e. The van der Waals surface area contributed by atoms with Gasteiger partial charge in [0.1, 0.15) is 0 Å². The Morgan fingerprint density at radius 1 is 1.42 bits per heavy atom. The van der Waals surface area contributed by atoms with Crippen molar-refractivity contribution in [3.63, 3.8) is 0 Å². The molecule has 6 heteroatoms. The van der Waals surface area contributed by atoms with Gasteiger partial charge in [-0.25, -0.2) is 0 Å². The summed E-state index contributed by atoms with van der Waals surface area (Å²) in [6.45, 7) is 1.81. The third-order valence-electron chi connectivity index (χ3n) is 2.50. The molecule has 0 unspecified atom stereocenters. The molecule has 2 aromatic rings. The SMILES string of the molecule is Cc1cc(N)c(C(=O)Nc2ccc(I)cc2Cl)cn1. The van der Waals surface area contributed by atoms with Crippen molar-refractivity contribution in [1.82, 2.24) is 4.98 Å². The molecule has 4 nitrogen and oxygen atoms in total. The van der Waals surface area contributed by atoms with E-state index >= 15 is 0 Å². The molecule has 0 fully saturated rings. The van der Waals surface area contributed by atoms with Crippen LogP contribution < -0.4 is 11.1 Å². The summed E-state index contributed by atoms with van der Waals surface area (Å²) in [5, 5.41) is 3.20. The van der Waals surface area contributed by atoms with Crippen molar-refractivity contribution in [1.29, 1.82) is 0 Å². The Hall–Kier alpha value is -1.34. The molecule has 0 saturated heterocycles. The van der Waals surface area contributed by atoms with Gasteiger partial charge in [0, 0.05) is 21.1 Å². The van der Waals surface area contributed by atoms with Crippen LogP contribution in [-0.2, 0) is 0 Å². The quantitative estimate of drug-likeness (QED) is 0.775. The van der Waals surface area contributed by atoms with Crippen molar-refractivity contribution >= 4 is 51.5 Å². The highest BCUT2D eigenvalue weighted by Crippen LogP contribution is 2.25. The molecule has 19 heavy (non-hydrogen) atoms. The van der Waals surface area contributed by atoms with E-state index in [0.29, 0.717) is 22.0 Å². The Balaban J connectivity index is 2.25. The minimum absolute atomic E-state index is 0.326. The molecule has 1 aromatic heterocycles. The minimum atomic E-state index is -0.326. The van der Waals surface area contributed by atoms with E-state index in [9.17, 15) is 4.79 Å². The van der Waals surface area contributed by atoms with Crippen LogP contribution in [0.15, 0.2) is 30.5 Å². The molecule has 3 N–H and O–H groups in total. The monoisotopic (exact) mass is 387 g/mol. The summed E-state index contributed by atoms with van der Waals surface area (Å²) < 4.78 is 0.997. The predicted molar refractivity (Wildman–Crippen MR) is 85.5 cm³/mol. The molecule has 98 valence electrons. The Kier molecular flexibility index (Phi) is 4.26. The first kappa shape index (κ1) is 14.1. The van der Waals surface area contributed by atoms with Gasteiger partial charge in [0.25, 0.3) is 5.91 Å². The van der Waals surface area contributed by atoms with Crippen LogP contribution in [0.4, 0.5) is 11.4 Å². The van der Waals surface area contributed by atoms with E-state index in [1.165, 1.54) is 6.20 Å². The molecule has 0 atom stereocenters. The maximum atomic E-state index is 12.1. The van der Waals surface area contributed by atoms with E-state index in [1.807, 2.05) is 13.0 Å². The lowest BCUT2D eigenvalue weighted by molar-refractivity contribution is 0.102. The smallest absolute Gasteiger partial charge is 0.259 e. The summed E-state index contributed by atoms with van der Waals surface area (Å²) >= 11 is 8.21. The van der Waals surface area contributed by atoms with Gasteiger partial charge in [-0.3, -0.25) is 9.78 Å². The van der Waals surface area contributed by atoms with Gasteiger partial charge in [-0.05, 0) is 53.8 Å². The lowest BCUT2D eigenvalue weighted by atomic mass is 10.2. The van der Waals surface area contributed by atoms with E-state index in [2.05, 4.69) is 32.9 Å². The molecule has 0 aliphatic carbocycles. The van der Waals surface area contributed by atoms with Crippen molar-refractivity contribution in [2.75, 3.05) is 11.1 Å². The number of carbonyl (C=O) groups excluding carboxylic acids is 1. The number of pyridine rings is 1. The normalized spacial score (nSPS) is 10.3.